The van der Waals surface area contributed by atoms with Gasteiger partial charge in [-0.25, -0.2) is 9.67 Å². The third kappa shape index (κ3) is 3.42. The van der Waals surface area contributed by atoms with Crippen molar-refractivity contribution in [3.05, 3.63) is 47.5 Å². The maximum absolute atomic E-state index is 12.1. The maximum atomic E-state index is 12.1. The topological polar surface area (TPSA) is 101 Å². The summed E-state index contributed by atoms with van der Waals surface area (Å²) in [6.07, 6.45) is 1.33. The van der Waals surface area contributed by atoms with Gasteiger partial charge in [-0.15, -0.1) is 5.10 Å². The van der Waals surface area contributed by atoms with Crippen molar-refractivity contribution in [2.45, 2.75) is 6.54 Å². The summed E-state index contributed by atoms with van der Waals surface area (Å²) < 4.78 is 2.87. The summed E-state index contributed by atoms with van der Waals surface area (Å²) in [4.78, 5) is 15.8. The minimum absolute atomic E-state index is 0.0216. The molecule has 2 aromatic heterocycles. The molecule has 0 spiro atoms. The Morgan fingerprint density at radius 2 is 2.08 bits per heavy atom. The van der Waals surface area contributed by atoms with Crippen molar-refractivity contribution >= 4 is 23.3 Å². The highest BCUT2D eigenvalue weighted by atomic mass is 35.5. The summed E-state index contributed by atoms with van der Waals surface area (Å²) in [7, 11) is 1.73. The van der Waals surface area contributed by atoms with Gasteiger partial charge in [-0.1, -0.05) is 23.7 Å². The molecule has 0 radical (unpaired) electrons. The average molecular weight is 342 g/mol. The van der Waals surface area contributed by atoms with Gasteiger partial charge in [-0.05, 0) is 12.1 Å². The van der Waals surface area contributed by atoms with Gasteiger partial charge in [0, 0.05) is 23.7 Å². The van der Waals surface area contributed by atoms with Crippen LogP contribution in [0.1, 0.15) is 5.82 Å². The minimum Gasteiger partial charge on any atom is -0.309 e. The van der Waals surface area contributed by atoms with Gasteiger partial charge in [0.25, 0.3) is 5.82 Å². The number of nitriles is 1. The molecule has 8 nitrogen and oxygen atoms in total. The number of nitrogens with one attached hydrogen (secondary N) is 1. The molecule has 0 bridgehead atoms. The second-order valence-corrected chi connectivity index (χ2v) is 5.41. The van der Waals surface area contributed by atoms with E-state index in [1.165, 1.54) is 11.0 Å². The average Bonchev–Trinajstić information content (AvgIpc) is 3.15. The largest absolute Gasteiger partial charge is 0.309 e. The van der Waals surface area contributed by atoms with Crippen LogP contribution in [0.4, 0.5) is 5.82 Å². The predicted molar refractivity (Wildman–Crippen MR) is 87.0 cm³/mol. The minimum atomic E-state index is -0.296. The van der Waals surface area contributed by atoms with Crippen LogP contribution < -0.4 is 5.32 Å². The Bertz CT molecular complexity index is 920. The lowest BCUT2D eigenvalue weighted by Crippen LogP contribution is -2.20. The second-order valence-electron chi connectivity index (χ2n) is 4.97. The van der Waals surface area contributed by atoms with Gasteiger partial charge in [0.05, 0.1) is 5.69 Å². The molecule has 24 heavy (non-hydrogen) atoms. The lowest BCUT2D eigenvalue weighted by atomic mass is 10.1. The molecule has 120 valence electrons. The zero-order valence-electron chi connectivity index (χ0n) is 12.6. The van der Waals surface area contributed by atoms with Gasteiger partial charge in [0.15, 0.2) is 0 Å². The Hall–Kier alpha value is -3.18. The number of hydrogen-bond acceptors (Lipinski definition) is 5. The molecule has 3 rings (SSSR count). The van der Waals surface area contributed by atoms with E-state index in [1.807, 2.05) is 12.1 Å². The summed E-state index contributed by atoms with van der Waals surface area (Å²) in [6, 6.07) is 10.8. The number of amides is 1. The Balaban J connectivity index is 1.72. The summed E-state index contributed by atoms with van der Waals surface area (Å²) in [5, 5.41) is 20.3. The van der Waals surface area contributed by atoms with Crippen molar-refractivity contribution in [3.8, 4) is 17.3 Å². The molecule has 1 N–H and O–H groups in total. The molecule has 2 heterocycles. The van der Waals surface area contributed by atoms with Gasteiger partial charge in [0.2, 0.25) is 5.91 Å². The van der Waals surface area contributed by atoms with Crippen LogP contribution in [0, 0.1) is 11.3 Å². The second kappa shape index (κ2) is 6.52. The first-order chi connectivity index (χ1) is 11.5. The highest BCUT2D eigenvalue weighted by Gasteiger charge is 2.11. The van der Waals surface area contributed by atoms with Crippen LogP contribution in [0.3, 0.4) is 0 Å². The molecule has 0 atom stereocenters. The predicted octanol–water partition coefficient (Wildman–Crippen LogP) is 1.84. The van der Waals surface area contributed by atoms with Crippen molar-refractivity contribution in [1.82, 2.24) is 24.5 Å². The van der Waals surface area contributed by atoms with Crippen LogP contribution in [0.5, 0.6) is 0 Å². The third-order valence-electron chi connectivity index (χ3n) is 3.23. The van der Waals surface area contributed by atoms with Gasteiger partial charge in [-0.2, -0.15) is 10.4 Å². The first kappa shape index (κ1) is 15.7. The molecule has 1 amide bonds. The molecule has 0 aliphatic heterocycles. The van der Waals surface area contributed by atoms with Crippen LogP contribution in [0.2, 0.25) is 5.02 Å². The molecule has 0 saturated carbocycles. The number of anilines is 1. The fourth-order valence-corrected chi connectivity index (χ4v) is 2.22. The molecule has 9 heteroatoms. The highest BCUT2D eigenvalue weighted by Crippen LogP contribution is 2.23. The normalized spacial score (nSPS) is 10.4. The van der Waals surface area contributed by atoms with Crippen LogP contribution in [0.25, 0.3) is 11.3 Å². The third-order valence-corrected chi connectivity index (χ3v) is 3.48. The van der Waals surface area contributed by atoms with Crippen molar-refractivity contribution in [2.75, 3.05) is 5.32 Å². The van der Waals surface area contributed by atoms with Crippen molar-refractivity contribution in [3.63, 3.8) is 0 Å². The van der Waals surface area contributed by atoms with Gasteiger partial charge in [-0.3, -0.25) is 9.48 Å². The Kier molecular flexibility index (Phi) is 4.26. The molecular formula is C15H12ClN7O. The standard InChI is InChI=1S/C15H12ClN7O/c1-22-14(6-12(20-22)10-2-4-11(16)5-3-10)19-15(24)8-23-9-18-13(7-17)21-23/h2-6,9H,8H2,1H3,(H,19,24). The van der Waals surface area contributed by atoms with Gasteiger partial charge >= 0.3 is 0 Å². The zero-order chi connectivity index (χ0) is 17.1. The number of carbonyl (C=O) groups excluding carboxylic acids is 1. The monoisotopic (exact) mass is 341 g/mol. The van der Waals surface area contributed by atoms with E-state index >= 15 is 0 Å². The molecule has 0 saturated heterocycles. The van der Waals surface area contributed by atoms with E-state index < -0.39 is 0 Å². The summed E-state index contributed by atoms with van der Waals surface area (Å²) in [5.41, 5.74) is 1.61. The van der Waals surface area contributed by atoms with Crippen molar-refractivity contribution in [2.24, 2.45) is 7.05 Å². The first-order valence-electron chi connectivity index (χ1n) is 6.94. The van der Waals surface area contributed by atoms with Gasteiger partial charge in [0.1, 0.15) is 24.8 Å². The van der Waals surface area contributed by atoms with Crippen LogP contribution in [0.15, 0.2) is 36.7 Å². The summed E-state index contributed by atoms with van der Waals surface area (Å²) in [5.74, 6) is 0.272. The molecule has 1 aromatic carbocycles. The van der Waals surface area contributed by atoms with Gasteiger partial charge < -0.3 is 5.32 Å². The number of aromatic nitrogens is 5. The van der Waals surface area contributed by atoms with E-state index in [0.717, 1.165) is 11.3 Å². The Morgan fingerprint density at radius 3 is 2.75 bits per heavy atom. The van der Waals surface area contributed by atoms with Crippen LogP contribution in [-0.2, 0) is 18.4 Å². The number of carbonyl (C=O) groups is 1. The highest BCUT2D eigenvalue weighted by molar-refractivity contribution is 6.30. The molecule has 0 aliphatic rings. The maximum Gasteiger partial charge on any atom is 0.252 e. The van der Waals surface area contributed by atoms with E-state index in [0.29, 0.717) is 10.8 Å². The van der Waals surface area contributed by atoms with Crippen molar-refractivity contribution in [1.29, 1.82) is 5.26 Å². The van der Waals surface area contributed by atoms with E-state index in [4.69, 9.17) is 16.9 Å². The van der Waals surface area contributed by atoms with E-state index in [-0.39, 0.29) is 18.3 Å². The molecule has 3 aromatic rings. The van der Waals surface area contributed by atoms with E-state index in [2.05, 4.69) is 20.5 Å². The number of benzene rings is 1. The lowest BCUT2D eigenvalue weighted by Gasteiger charge is -2.04. The van der Waals surface area contributed by atoms with E-state index in [1.54, 1.807) is 36.0 Å². The van der Waals surface area contributed by atoms with Crippen molar-refractivity contribution < 1.29 is 4.79 Å². The number of hydrogen-bond donors (Lipinski definition) is 1. The molecule has 0 aliphatic carbocycles. The van der Waals surface area contributed by atoms with E-state index in [9.17, 15) is 4.79 Å². The lowest BCUT2D eigenvalue weighted by molar-refractivity contribution is -0.117. The first-order valence-corrected chi connectivity index (χ1v) is 7.32. The quantitative estimate of drug-likeness (QED) is 0.780. The number of rotatable bonds is 4. The molecular weight excluding hydrogens is 330 g/mol. The number of nitrogens with zero attached hydrogens (tertiary/aromatic N) is 6. The fraction of sp³-hybridized carbons (Fsp3) is 0.133. The molecule has 0 unspecified atom stereocenters. The zero-order valence-corrected chi connectivity index (χ0v) is 13.4. The SMILES string of the molecule is Cn1nc(-c2ccc(Cl)cc2)cc1NC(=O)Cn1cnc(C#N)n1. The summed E-state index contributed by atoms with van der Waals surface area (Å²) in [6.45, 7) is -0.0455. The van der Waals surface area contributed by atoms with Crippen LogP contribution in [-0.4, -0.2) is 30.5 Å². The fourth-order valence-electron chi connectivity index (χ4n) is 2.10. The summed E-state index contributed by atoms with van der Waals surface area (Å²) >= 11 is 5.88. The Morgan fingerprint density at radius 1 is 1.33 bits per heavy atom. The Labute approximate surface area is 142 Å². The number of aryl methyl sites for hydroxylation is 1. The smallest absolute Gasteiger partial charge is 0.252 e. The molecule has 0 fully saturated rings. The van der Waals surface area contributed by atoms with Crippen LogP contribution >= 0.6 is 11.6 Å². The number of halogens is 1.